The van der Waals surface area contributed by atoms with Gasteiger partial charge < -0.3 is 15.2 Å². The number of carboxylic acid groups (broad SMARTS) is 1. The first-order valence-corrected chi connectivity index (χ1v) is 9.21. The van der Waals surface area contributed by atoms with Crippen LogP contribution in [0.4, 0.5) is 4.79 Å². The lowest BCUT2D eigenvalue weighted by molar-refractivity contribution is -0.318. The van der Waals surface area contributed by atoms with Crippen molar-refractivity contribution in [1.29, 1.82) is 0 Å². The molecule has 0 heterocycles. The van der Waals surface area contributed by atoms with Crippen LogP contribution in [0.5, 0.6) is 0 Å². The van der Waals surface area contributed by atoms with Crippen LogP contribution in [0.1, 0.15) is 23.5 Å². The Balaban J connectivity index is 1.70. The van der Waals surface area contributed by atoms with E-state index in [1.165, 1.54) is 14.2 Å². The summed E-state index contributed by atoms with van der Waals surface area (Å²) in [6, 6.07) is 14.3. The number of alkyl carbamates (subject to hydrolysis) is 1. The Hall–Kier alpha value is -3.43. The lowest BCUT2D eigenvalue weighted by Crippen LogP contribution is -2.49. The van der Waals surface area contributed by atoms with Crippen LogP contribution in [0, 0.1) is 0 Å². The minimum atomic E-state index is -1.42. The van der Waals surface area contributed by atoms with E-state index in [1.807, 2.05) is 48.5 Å². The maximum atomic E-state index is 12.3. The Morgan fingerprint density at radius 1 is 1.00 bits per heavy atom. The number of carbonyl (C=O) groups is 3. The zero-order valence-electron chi connectivity index (χ0n) is 16.5. The van der Waals surface area contributed by atoms with Crippen molar-refractivity contribution in [2.24, 2.45) is 0 Å². The van der Waals surface area contributed by atoms with Crippen molar-refractivity contribution < 1.29 is 33.9 Å². The molecule has 1 atom stereocenters. The molecule has 30 heavy (non-hydrogen) atoms. The van der Waals surface area contributed by atoms with Gasteiger partial charge in [-0.2, -0.15) is 0 Å². The highest BCUT2D eigenvalue weighted by Gasteiger charge is 2.32. The van der Waals surface area contributed by atoms with Crippen LogP contribution >= 0.6 is 0 Å². The summed E-state index contributed by atoms with van der Waals surface area (Å²) in [7, 11) is 2.35. The average Bonchev–Trinajstić information content (AvgIpc) is 3.06. The molecule has 2 aromatic carbocycles. The van der Waals surface area contributed by atoms with Crippen molar-refractivity contribution in [3.63, 3.8) is 0 Å². The molecule has 2 amide bonds. The summed E-state index contributed by atoms with van der Waals surface area (Å²) in [4.78, 5) is 45.1. The van der Waals surface area contributed by atoms with Crippen molar-refractivity contribution in [3.05, 3.63) is 59.7 Å². The van der Waals surface area contributed by atoms with E-state index in [1.54, 1.807) is 0 Å². The predicted octanol–water partition coefficient (Wildman–Crippen LogP) is 2.32. The molecule has 0 bridgehead atoms. The van der Waals surface area contributed by atoms with E-state index in [2.05, 4.69) is 5.32 Å². The van der Waals surface area contributed by atoms with Gasteiger partial charge in [-0.05, 0) is 22.3 Å². The van der Waals surface area contributed by atoms with E-state index >= 15 is 0 Å². The van der Waals surface area contributed by atoms with E-state index in [0.29, 0.717) is 5.23 Å². The third kappa shape index (κ3) is 4.42. The highest BCUT2D eigenvalue weighted by Crippen LogP contribution is 2.44. The van der Waals surface area contributed by atoms with E-state index < -0.39 is 30.4 Å². The van der Waals surface area contributed by atoms with Crippen LogP contribution in [0.3, 0.4) is 0 Å². The zero-order chi connectivity index (χ0) is 21.7. The normalized spacial score (nSPS) is 13.1. The standard InChI is InChI=1S/C21H22N2O7/c1-28-23(29-2)20(26)18(11-19(24)25)22-21(27)30-12-17-15-9-5-3-7-13(15)14-8-4-6-10-16(14)17/h3-10,17-18H,11-12H2,1-2H3,(H,22,27)(H,24,25). The molecule has 158 valence electrons. The van der Waals surface area contributed by atoms with Crippen LogP contribution in [0.25, 0.3) is 11.1 Å². The monoisotopic (exact) mass is 414 g/mol. The second-order valence-corrected chi connectivity index (χ2v) is 6.58. The number of hydroxylamine groups is 2. The van der Waals surface area contributed by atoms with Crippen molar-refractivity contribution in [1.82, 2.24) is 10.5 Å². The summed E-state index contributed by atoms with van der Waals surface area (Å²) in [5.41, 5.74) is 4.23. The second kappa shape index (κ2) is 9.38. The fourth-order valence-corrected chi connectivity index (χ4v) is 3.54. The number of carboxylic acids is 1. The van der Waals surface area contributed by atoms with Gasteiger partial charge in [0.05, 0.1) is 20.6 Å². The van der Waals surface area contributed by atoms with E-state index in [-0.39, 0.29) is 12.5 Å². The molecule has 0 aromatic heterocycles. The van der Waals surface area contributed by atoms with E-state index in [0.717, 1.165) is 22.3 Å². The maximum Gasteiger partial charge on any atom is 0.407 e. The van der Waals surface area contributed by atoms with Crippen LogP contribution < -0.4 is 5.32 Å². The first-order chi connectivity index (χ1) is 14.5. The number of benzene rings is 2. The summed E-state index contributed by atoms with van der Waals surface area (Å²) in [6.45, 7) is 0.0338. The predicted molar refractivity (Wildman–Crippen MR) is 105 cm³/mol. The molecule has 0 aliphatic heterocycles. The molecule has 9 heteroatoms. The number of hydrogen-bond donors (Lipinski definition) is 2. The first-order valence-electron chi connectivity index (χ1n) is 9.21. The fraction of sp³-hybridized carbons (Fsp3) is 0.286. The Labute approximate surface area is 173 Å². The minimum Gasteiger partial charge on any atom is -0.481 e. The largest absolute Gasteiger partial charge is 0.481 e. The van der Waals surface area contributed by atoms with Gasteiger partial charge in [0.2, 0.25) is 0 Å². The summed E-state index contributed by atoms with van der Waals surface area (Å²) in [5, 5.41) is 11.8. The Bertz CT molecular complexity index is 897. The number of carbonyl (C=O) groups excluding carboxylic acids is 2. The molecular weight excluding hydrogens is 392 g/mol. The second-order valence-electron chi connectivity index (χ2n) is 6.58. The summed E-state index contributed by atoms with van der Waals surface area (Å²) in [6.07, 6.45) is -1.57. The van der Waals surface area contributed by atoms with Crippen LogP contribution in [-0.4, -0.2) is 55.2 Å². The third-order valence-electron chi connectivity index (χ3n) is 4.82. The van der Waals surface area contributed by atoms with Gasteiger partial charge in [-0.3, -0.25) is 9.59 Å². The van der Waals surface area contributed by atoms with Crippen molar-refractivity contribution in [3.8, 4) is 11.1 Å². The van der Waals surface area contributed by atoms with Gasteiger partial charge in [0.25, 0.3) is 5.91 Å². The first kappa shape index (κ1) is 21.3. The average molecular weight is 414 g/mol. The number of rotatable bonds is 8. The molecule has 0 spiro atoms. The topological polar surface area (TPSA) is 114 Å². The number of aliphatic carboxylic acids is 1. The molecular formula is C21H22N2O7. The highest BCUT2D eigenvalue weighted by atomic mass is 16.9. The third-order valence-corrected chi connectivity index (χ3v) is 4.82. The Kier molecular flexibility index (Phi) is 6.65. The number of nitrogens with zero attached hydrogens (tertiary/aromatic N) is 1. The molecule has 1 aliphatic rings. The SMILES string of the molecule is CON(OC)C(=O)C(CC(=O)O)NC(=O)OCC1c2ccccc2-c2ccccc21. The minimum absolute atomic E-state index is 0.0338. The molecule has 2 N–H and O–H groups in total. The zero-order valence-corrected chi connectivity index (χ0v) is 16.5. The number of amides is 2. The van der Waals surface area contributed by atoms with E-state index in [9.17, 15) is 14.4 Å². The summed E-state index contributed by atoms with van der Waals surface area (Å²) < 4.78 is 5.35. The van der Waals surface area contributed by atoms with Crippen molar-refractivity contribution >= 4 is 18.0 Å². The van der Waals surface area contributed by atoms with Gasteiger partial charge in [0.1, 0.15) is 12.6 Å². The van der Waals surface area contributed by atoms with Crippen LogP contribution in [-0.2, 0) is 24.0 Å². The molecule has 3 rings (SSSR count). The molecule has 1 aliphatic carbocycles. The number of nitrogens with one attached hydrogen (secondary N) is 1. The maximum absolute atomic E-state index is 12.3. The van der Waals surface area contributed by atoms with Gasteiger partial charge >= 0.3 is 12.1 Å². The number of fused-ring (bicyclic) bond motifs is 3. The lowest BCUT2D eigenvalue weighted by atomic mass is 9.98. The van der Waals surface area contributed by atoms with Crippen LogP contribution in [0.15, 0.2) is 48.5 Å². The van der Waals surface area contributed by atoms with Gasteiger partial charge in [-0.1, -0.05) is 53.8 Å². The van der Waals surface area contributed by atoms with Crippen LogP contribution in [0.2, 0.25) is 0 Å². The molecule has 9 nitrogen and oxygen atoms in total. The van der Waals surface area contributed by atoms with Crippen molar-refractivity contribution in [2.75, 3.05) is 20.8 Å². The molecule has 2 aromatic rings. The number of ether oxygens (including phenoxy) is 1. The molecule has 0 saturated carbocycles. The molecule has 0 fully saturated rings. The van der Waals surface area contributed by atoms with Gasteiger partial charge in [0.15, 0.2) is 0 Å². The van der Waals surface area contributed by atoms with Gasteiger partial charge in [-0.15, -0.1) is 0 Å². The lowest BCUT2D eigenvalue weighted by Gasteiger charge is -2.22. The summed E-state index contributed by atoms with van der Waals surface area (Å²) in [5.74, 6) is -2.32. The number of hydrogen-bond acceptors (Lipinski definition) is 6. The fourth-order valence-electron chi connectivity index (χ4n) is 3.54. The van der Waals surface area contributed by atoms with E-state index in [4.69, 9.17) is 19.5 Å². The smallest absolute Gasteiger partial charge is 0.407 e. The Morgan fingerprint density at radius 2 is 1.53 bits per heavy atom. The Morgan fingerprint density at radius 3 is 2.03 bits per heavy atom. The molecule has 0 saturated heterocycles. The molecule has 1 unspecified atom stereocenters. The van der Waals surface area contributed by atoms with Crippen molar-refractivity contribution in [2.45, 2.75) is 18.4 Å². The highest BCUT2D eigenvalue weighted by molar-refractivity contribution is 5.88. The quantitative estimate of drug-likeness (QED) is 0.637. The summed E-state index contributed by atoms with van der Waals surface area (Å²) >= 11 is 0. The molecule has 0 radical (unpaired) electrons. The van der Waals surface area contributed by atoms with Gasteiger partial charge in [0, 0.05) is 5.92 Å². The van der Waals surface area contributed by atoms with Gasteiger partial charge in [-0.25, -0.2) is 14.5 Å².